The molecule has 1 aliphatic heterocycles. The van der Waals surface area contributed by atoms with Crippen LogP contribution in [0.15, 0.2) is 22.7 Å². The molecule has 1 aromatic carbocycles. The highest BCUT2D eigenvalue weighted by molar-refractivity contribution is 9.10. The first-order valence-electron chi connectivity index (χ1n) is 5.42. The van der Waals surface area contributed by atoms with Crippen LogP contribution < -0.4 is 10.6 Å². The standard InChI is InChI=1S/C12H12BrN3O/c13-10-1-2-11(9(5-10)6-14)16-12(17)8-3-4-15-7-8/h1-2,5,8,15H,3-4,7H2,(H,16,17). The fourth-order valence-electron chi connectivity index (χ4n) is 1.83. The Morgan fingerprint density at radius 3 is 3.06 bits per heavy atom. The molecule has 1 heterocycles. The van der Waals surface area contributed by atoms with Gasteiger partial charge in [-0.3, -0.25) is 4.79 Å². The van der Waals surface area contributed by atoms with Gasteiger partial charge in [-0.05, 0) is 31.2 Å². The van der Waals surface area contributed by atoms with Gasteiger partial charge in [-0.25, -0.2) is 0 Å². The highest BCUT2D eigenvalue weighted by atomic mass is 79.9. The lowest BCUT2D eigenvalue weighted by Gasteiger charge is -2.11. The summed E-state index contributed by atoms with van der Waals surface area (Å²) in [4.78, 5) is 11.9. The summed E-state index contributed by atoms with van der Waals surface area (Å²) in [6, 6.07) is 7.32. The molecule has 1 aliphatic rings. The minimum atomic E-state index is -0.0196. The highest BCUT2D eigenvalue weighted by Crippen LogP contribution is 2.21. The molecule has 0 bridgehead atoms. The van der Waals surface area contributed by atoms with Crippen molar-refractivity contribution < 1.29 is 4.79 Å². The van der Waals surface area contributed by atoms with Crippen molar-refractivity contribution in [1.29, 1.82) is 5.26 Å². The normalized spacial score (nSPS) is 18.7. The fourth-order valence-corrected chi connectivity index (χ4v) is 2.19. The quantitative estimate of drug-likeness (QED) is 0.875. The molecule has 0 saturated carbocycles. The van der Waals surface area contributed by atoms with Gasteiger partial charge in [-0.2, -0.15) is 5.26 Å². The number of anilines is 1. The lowest BCUT2D eigenvalue weighted by Crippen LogP contribution is -2.24. The van der Waals surface area contributed by atoms with Gasteiger partial charge in [0.2, 0.25) is 5.91 Å². The smallest absolute Gasteiger partial charge is 0.228 e. The molecule has 1 atom stereocenters. The van der Waals surface area contributed by atoms with E-state index in [1.54, 1.807) is 12.1 Å². The van der Waals surface area contributed by atoms with Crippen molar-refractivity contribution in [3.63, 3.8) is 0 Å². The monoisotopic (exact) mass is 293 g/mol. The van der Waals surface area contributed by atoms with Crippen molar-refractivity contribution in [2.45, 2.75) is 6.42 Å². The van der Waals surface area contributed by atoms with Gasteiger partial charge in [0, 0.05) is 11.0 Å². The van der Waals surface area contributed by atoms with Crippen LogP contribution in [0.3, 0.4) is 0 Å². The first-order chi connectivity index (χ1) is 8.20. The Kier molecular flexibility index (Phi) is 3.77. The number of halogens is 1. The number of amides is 1. The van der Waals surface area contributed by atoms with E-state index in [1.165, 1.54) is 0 Å². The molecule has 0 aromatic heterocycles. The molecule has 0 radical (unpaired) electrons. The van der Waals surface area contributed by atoms with Gasteiger partial charge in [-0.1, -0.05) is 15.9 Å². The van der Waals surface area contributed by atoms with Crippen LogP contribution in [-0.4, -0.2) is 19.0 Å². The number of hydrogen-bond acceptors (Lipinski definition) is 3. The number of nitrogens with zero attached hydrogens (tertiary/aromatic N) is 1. The van der Waals surface area contributed by atoms with Gasteiger partial charge in [0.25, 0.3) is 0 Å². The number of benzene rings is 1. The van der Waals surface area contributed by atoms with E-state index < -0.39 is 0 Å². The van der Waals surface area contributed by atoms with E-state index in [4.69, 9.17) is 5.26 Å². The van der Waals surface area contributed by atoms with Crippen LogP contribution in [0.25, 0.3) is 0 Å². The summed E-state index contributed by atoms with van der Waals surface area (Å²) in [5.74, 6) is -0.0148. The van der Waals surface area contributed by atoms with E-state index >= 15 is 0 Å². The van der Waals surface area contributed by atoms with Gasteiger partial charge in [-0.15, -0.1) is 0 Å². The van der Waals surface area contributed by atoms with Crippen molar-refractivity contribution in [1.82, 2.24) is 5.32 Å². The first-order valence-corrected chi connectivity index (χ1v) is 6.21. The summed E-state index contributed by atoms with van der Waals surface area (Å²) < 4.78 is 0.828. The molecule has 5 heteroatoms. The predicted molar refractivity (Wildman–Crippen MR) is 68.5 cm³/mol. The molecule has 88 valence electrons. The van der Waals surface area contributed by atoms with Gasteiger partial charge in [0.05, 0.1) is 17.2 Å². The number of carbonyl (C=O) groups excluding carboxylic acids is 1. The molecule has 17 heavy (non-hydrogen) atoms. The molecular formula is C12H12BrN3O. The summed E-state index contributed by atoms with van der Waals surface area (Å²) in [7, 11) is 0. The van der Waals surface area contributed by atoms with Crippen LogP contribution in [0.4, 0.5) is 5.69 Å². The highest BCUT2D eigenvalue weighted by Gasteiger charge is 2.22. The summed E-state index contributed by atoms with van der Waals surface area (Å²) in [6.07, 6.45) is 0.851. The molecule has 1 aromatic rings. The number of nitrogens with one attached hydrogen (secondary N) is 2. The predicted octanol–water partition coefficient (Wildman–Crippen LogP) is 1.87. The van der Waals surface area contributed by atoms with Crippen LogP contribution in [0, 0.1) is 17.2 Å². The second-order valence-corrected chi connectivity index (χ2v) is 4.90. The fraction of sp³-hybridized carbons (Fsp3) is 0.333. The summed E-state index contributed by atoms with van der Waals surface area (Å²) in [5.41, 5.74) is 1.05. The number of hydrogen-bond donors (Lipinski definition) is 2. The van der Waals surface area contributed by atoms with Gasteiger partial charge < -0.3 is 10.6 Å². The van der Waals surface area contributed by atoms with Gasteiger partial charge in [0.15, 0.2) is 0 Å². The molecule has 1 amide bonds. The summed E-state index contributed by atoms with van der Waals surface area (Å²) >= 11 is 3.30. The Labute approximate surface area is 108 Å². The molecule has 0 spiro atoms. The van der Waals surface area contributed by atoms with Crippen LogP contribution in [-0.2, 0) is 4.79 Å². The average Bonchev–Trinajstić information content (AvgIpc) is 2.85. The van der Waals surface area contributed by atoms with E-state index in [9.17, 15) is 4.79 Å². The Bertz CT molecular complexity index is 475. The van der Waals surface area contributed by atoms with E-state index in [0.717, 1.165) is 17.4 Å². The number of carbonyl (C=O) groups is 1. The second kappa shape index (κ2) is 5.30. The zero-order valence-corrected chi connectivity index (χ0v) is 10.8. The average molecular weight is 294 g/mol. The molecule has 1 fully saturated rings. The Hall–Kier alpha value is -1.38. The Morgan fingerprint density at radius 2 is 2.41 bits per heavy atom. The van der Waals surface area contributed by atoms with Crippen molar-refractivity contribution in [2.75, 3.05) is 18.4 Å². The molecule has 2 rings (SSSR count). The molecular weight excluding hydrogens is 282 g/mol. The van der Waals surface area contributed by atoms with Crippen molar-refractivity contribution in [3.05, 3.63) is 28.2 Å². The van der Waals surface area contributed by atoms with Crippen LogP contribution in [0.5, 0.6) is 0 Å². The summed E-state index contributed by atoms with van der Waals surface area (Å²) in [6.45, 7) is 1.59. The van der Waals surface area contributed by atoms with Crippen LogP contribution in [0.2, 0.25) is 0 Å². The number of rotatable bonds is 2. The lowest BCUT2D eigenvalue weighted by molar-refractivity contribution is -0.119. The minimum absolute atomic E-state index is 0.00481. The lowest BCUT2D eigenvalue weighted by atomic mass is 10.1. The molecule has 0 aliphatic carbocycles. The van der Waals surface area contributed by atoms with Crippen molar-refractivity contribution in [2.24, 2.45) is 5.92 Å². The SMILES string of the molecule is N#Cc1cc(Br)ccc1NC(=O)C1CCNC1. The summed E-state index contributed by atoms with van der Waals surface area (Å²) in [5, 5.41) is 14.9. The van der Waals surface area contributed by atoms with Crippen LogP contribution in [0.1, 0.15) is 12.0 Å². The Balaban J connectivity index is 2.13. The van der Waals surface area contributed by atoms with E-state index in [1.807, 2.05) is 6.07 Å². The molecule has 4 nitrogen and oxygen atoms in total. The maximum absolute atomic E-state index is 11.9. The molecule has 1 saturated heterocycles. The third-order valence-electron chi connectivity index (χ3n) is 2.79. The third kappa shape index (κ3) is 2.84. The molecule has 1 unspecified atom stereocenters. The zero-order valence-electron chi connectivity index (χ0n) is 9.16. The first kappa shape index (κ1) is 12.1. The Morgan fingerprint density at radius 1 is 1.59 bits per heavy atom. The maximum atomic E-state index is 11.9. The largest absolute Gasteiger partial charge is 0.325 e. The van der Waals surface area contributed by atoms with E-state index in [2.05, 4.69) is 32.6 Å². The topological polar surface area (TPSA) is 64.9 Å². The van der Waals surface area contributed by atoms with Crippen molar-refractivity contribution >= 4 is 27.5 Å². The number of nitriles is 1. The minimum Gasteiger partial charge on any atom is -0.325 e. The van der Waals surface area contributed by atoms with Gasteiger partial charge in [0.1, 0.15) is 6.07 Å². The molecule has 2 N–H and O–H groups in total. The zero-order chi connectivity index (χ0) is 12.3. The van der Waals surface area contributed by atoms with Gasteiger partial charge >= 0.3 is 0 Å². The van der Waals surface area contributed by atoms with E-state index in [0.29, 0.717) is 17.8 Å². The second-order valence-electron chi connectivity index (χ2n) is 3.98. The van der Waals surface area contributed by atoms with Crippen molar-refractivity contribution in [3.8, 4) is 6.07 Å². The van der Waals surface area contributed by atoms with E-state index in [-0.39, 0.29) is 11.8 Å². The van der Waals surface area contributed by atoms with Crippen LogP contribution >= 0.6 is 15.9 Å². The third-order valence-corrected chi connectivity index (χ3v) is 3.28. The maximum Gasteiger partial charge on any atom is 0.228 e.